The Morgan fingerprint density at radius 3 is 2.53 bits per heavy atom. The van der Waals surface area contributed by atoms with Gasteiger partial charge in [0.1, 0.15) is 0 Å². The van der Waals surface area contributed by atoms with Gasteiger partial charge in [-0.2, -0.15) is 0 Å². The number of piperazine rings is 1. The predicted octanol–water partition coefficient (Wildman–Crippen LogP) is 2.62. The Kier molecular flexibility index (Phi) is 6.95. The van der Waals surface area contributed by atoms with Crippen molar-refractivity contribution in [3.05, 3.63) is 53.6 Å². The maximum atomic E-state index is 12.7. The second kappa shape index (κ2) is 10.1. The molecule has 9 heteroatoms. The first kappa shape index (κ1) is 23.5. The number of benzene rings is 2. The molecule has 2 aromatic carbocycles. The lowest BCUT2D eigenvalue weighted by Gasteiger charge is -2.32. The smallest absolute Gasteiger partial charge is 0.337 e. The zero-order valence-electron chi connectivity index (χ0n) is 19.6. The highest BCUT2D eigenvalue weighted by Crippen LogP contribution is 2.28. The first-order valence-electron chi connectivity index (χ1n) is 11.1. The lowest BCUT2D eigenvalue weighted by Crippen LogP contribution is -2.48. The average Bonchev–Trinajstić information content (AvgIpc) is 3.17. The fraction of sp³-hybridized carbons (Fsp3) is 0.320. The van der Waals surface area contributed by atoms with Crippen molar-refractivity contribution in [3.63, 3.8) is 0 Å². The second-order valence-corrected chi connectivity index (χ2v) is 8.45. The minimum absolute atomic E-state index is 0.0355. The Morgan fingerprint density at radius 1 is 1.15 bits per heavy atom. The van der Waals surface area contributed by atoms with Crippen LogP contribution in [-0.4, -0.2) is 91.9 Å². The van der Waals surface area contributed by atoms with Crippen LogP contribution in [0.15, 0.2) is 47.5 Å². The maximum Gasteiger partial charge on any atom is 0.337 e. The van der Waals surface area contributed by atoms with Crippen molar-refractivity contribution in [2.75, 3.05) is 58.8 Å². The number of aromatic nitrogens is 1. The SMILES string of the molecule is COC(=O)c1ccc2c(C=Nc3ccc(N(C)C(=O)CN4CCN(C)CC4)cc3)c(O)[nH]c2c1. The predicted molar refractivity (Wildman–Crippen MR) is 132 cm³/mol. The number of H-pyrrole nitrogens is 1. The molecule has 0 saturated carbocycles. The van der Waals surface area contributed by atoms with Crippen LogP contribution in [0.3, 0.4) is 0 Å². The normalized spacial score (nSPS) is 15.1. The largest absolute Gasteiger partial charge is 0.494 e. The minimum Gasteiger partial charge on any atom is -0.494 e. The van der Waals surface area contributed by atoms with E-state index in [0.717, 1.165) is 37.3 Å². The number of ether oxygens (including phenoxy) is 1. The number of aromatic hydroxyl groups is 1. The number of rotatable bonds is 6. The number of hydrogen-bond acceptors (Lipinski definition) is 7. The highest BCUT2D eigenvalue weighted by molar-refractivity contribution is 6.04. The van der Waals surface area contributed by atoms with E-state index in [2.05, 4.69) is 26.8 Å². The summed E-state index contributed by atoms with van der Waals surface area (Å²) in [4.78, 5) is 37.9. The Balaban J connectivity index is 1.43. The summed E-state index contributed by atoms with van der Waals surface area (Å²) < 4.78 is 4.74. The van der Waals surface area contributed by atoms with Crippen LogP contribution >= 0.6 is 0 Å². The van der Waals surface area contributed by atoms with E-state index in [9.17, 15) is 14.7 Å². The highest BCUT2D eigenvalue weighted by Gasteiger charge is 2.19. The van der Waals surface area contributed by atoms with E-state index in [0.29, 0.717) is 28.9 Å². The third-order valence-electron chi connectivity index (χ3n) is 6.15. The van der Waals surface area contributed by atoms with Gasteiger partial charge in [0.05, 0.1) is 30.5 Å². The van der Waals surface area contributed by atoms with Gasteiger partial charge in [-0.25, -0.2) is 4.79 Å². The number of esters is 1. The van der Waals surface area contributed by atoms with Gasteiger partial charge in [-0.1, -0.05) is 6.07 Å². The number of aliphatic imine (C=N–C) groups is 1. The number of methoxy groups -OCH3 is 1. The quantitative estimate of drug-likeness (QED) is 0.431. The molecular formula is C25H29N5O4. The van der Waals surface area contributed by atoms with Crippen molar-refractivity contribution in [3.8, 4) is 5.88 Å². The lowest BCUT2D eigenvalue weighted by molar-refractivity contribution is -0.119. The average molecular weight is 464 g/mol. The van der Waals surface area contributed by atoms with Crippen LogP contribution in [0.2, 0.25) is 0 Å². The van der Waals surface area contributed by atoms with Crippen LogP contribution in [0.1, 0.15) is 15.9 Å². The topological polar surface area (TPSA) is 101 Å². The Morgan fingerprint density at radius 2 is 1.85 bits per heavy atom. The van der Waals surface area contributed by atoms with Crippen molar-refractivity contribution in [1.29, 1.82) is 0 Å². The number of carbonyl (C=O) groups excluding carboxylic acids is 2. The molecule has 1 amide bonds. The summed E-state index contributed by atoms with van der Waals surface area (Å²) >= 11 is 0. The van der Waals surface area contributed by atoms with Crippen LogP contribution in [0.4, 0.5) is 11.4 Å². The lowest BCUT2D eigenvalue weighted by atomic mass is 10.1. The van der Waals surface area contributed by atoms with Gasteiger partial charge < -0.3 is 24.6 Å². The summed E-state index contributed by atoms with van der Waals surface area (Å²) in [5.41, 5.74) is 3.00. The first-order valence-corrected chi connectivity index (χ1v) is 11.1. The van der Waals surface area contributed by atoms with Crippen molar-refractivity contribution in [2.45, 2.75) is 0 Å². The minimum atomic E-state index is -0.446. The van der Waals surface area contributed by atoms with Crippen LogP contribution in [0, 0.1) is 0 Å². The molecule has 0 bridgehead atoms. The molecule has 1 fully saturated rings. The van der Waals surface area contributed by atoms with Gasteiger partial charge in [-0.3, -0.25) is 14.7 Å². The molecule has 0 atom stereocenters. The molecule has 178 valence electrons. The number of fused-ring (bicyclic) bond motifs is 1. The zero-order valence-corrected chi connectivity index (χ0v) is 19.6. The molecular weight excluding hydrogens is 434 g/mol. The summed E-state index contributed by atoms with van der Waals surface area (Å²) in [6, 6.07) is 12.4. The maximum absolute atomic E-state index is 12.7. The van der Waals surface area contributed by atoms with Crippen molar-refractivity contribution < 1.29 is 19.4 Å². The molecule has 0 aliphatic carbocycles. The molecule has 4 rings (SSSR count). The second-order valence-electron chi connectivity index (χ2n) is 8.45. The summed E-state index contributed by atoms with van der Waals surface area (Å²) in [5.74, 6) is -0.430. The van der Waals surface area contributed by atoms with Gasteiger partial charge in [0.15, 0.2) is 5.88 Å². The van der Waals surface area contributed by atoms with E-state index in [1.807, 2.05) is 24.3 Å². The molecule has 3 aromatic rings. The molecule has 2 heterocycles. The molecule has 1 aromatic heterocycles. The Bertz CT molecular complexity index is 1210. The van der Waals surface area contributed by atoms with Gasteiger partial charge in [-0.15, -0.1) is 0 Å². The number of likely N-dealkylation sites (N-methyl/N-ethyl adjacent to an activating group) is 2. The number of nitrogens with zero attached hydrogens (tertiary/aromatic N) is 4. The molecule has 9 nitrogen and oxygen atoms in total. The van der Waals surface area contributed by atoms with Crippen LogP contribution in [0.25, 0.3) is 10.9 Å². The number of hydrogen-bond donors (Lipinski definition) is 2. The van der Waals surface area contributed by atoms with E-state index in [1.165, 1.54) is 7.11 Å². The summed E-state index contributed by atoms with van der Waals surface area (Å²) in [7, 11) is 5.20. The number of aromatic amines is 1. The number of amides is 1. The highest BCUT2D eigenvalue weighted by atomic mass is 16.5. The van der Waals surface area contributed by atoms with Crippen molar-refractivity contribution in [1.82, 2.24) is 14.8 Å². The molecule has 0 spiro atoms. The van der Waals surface area contributed by atoms with Crippen LogP contribution in [-0.2, 0) is 9.53 Å². The van der Waals surface area contributed by atoms with Crippen LogP contribution in [0.5, 0.6) is 5.88 Å². The van der Waals surface area contributed by atoms with Gasteiger partial charge in [0.25, 0.3) is 0 Å². The fourth-order valence-corrected chi connectivity index (χ4v) is 3.93. The first-order chi connectivity index (χ1) is 16.4. The third kappa shape index (κ3) is 5.11. The molecule has 0 unspecified atom stereocenters. The van der Waals surface area contributed by atoms with Crippen LogP contribution < -0.4 is 4.90 Å². The third-order valence-corrected chi connectivity index (χ3v) is 6.15. The number of anilines is 1. The van der Waals surface area contributed by atoms with E-state index < -0.39 is 5.97 Å². The number of nitrogens with one attached hydrogen (secondary N) is 1. The summed E-state index contributed by atoms with van der Waals surface area (Å²) in [6.07, 6.45) is 1.57. The van der Waals surface area contributed by atoms with Gasteiger partial charge in [0, 0.05) is 56.0 Å². The Hall–Kier alpha value is -3.69. The van der Waals surface area contributed by atoms with E-state index in [1.54, 1.807) is 36.4 Å². The fourth-order valence-electron chi connectivity index (χ4n) is 3.93. The van der Waals surface area contributed by atoms with Gasteiger partial charge in [-0.05, 0) is 43.4 Å². The van der Waals surface area contributed by atoms with E-state index >= 15 is 0 Å². The molecule has 0 radical (unpaired) electrons. The standard InChI is InChI=1S/C25H29N5O4/c1-28-10-12-30(13-11-28)16-23(31)29(2)19-7-5-18(6-8-19)26-15-21-20-9-4-17(25(33)34-3)14-22(20)27-24(21)32/h4-9,14-15,27,32H,10-13,16H2,1-3H3. The summed E-state index contributed by atoms with van der Waals surface area (Å²) in [5, 5.41) is 11.0. The molecule has 1 aliphatic heterocycles. The molecule has 34 heavy (non-hydrogen) atoms. The Labute approximate surface area is 198 Å². The van der Waals surface area contributed by atoms with E-state index in [4.69, 9.17) is 4.74 Å². The van der Waals surface area contributed by atoms with Crippen molar-refractivity contribution >= 4 is 40.4 Å². The molecule has 2 N–H and O–H groups in total. The summed E-state index contributed by atoms with van der Waals surface area (Å²) in [6.45, 7) is 4.15. The van der Waals surface area contributed by atoms with Gasteiger partial charge in [0.2, 0.25) is 5.91 Å². The van der Waals surface area contributed by atoms with Gasteiger partial charge >= 0.3 is 5.97 Å². The monoisotopic (exact) mass is 463 g/mol. The van der Waals surface area contributed by atoms with Crippen molar-refractivity contribution in [2.24, 2.45) is 4.99 Å². The number of carbonyl (C=O) groups is 2. The molecule has 1 aliphatic rings. The zero-order chi connectivity index (χ0) is 24.2. The van der Waals surface area contributed by atoms with E-state index in [-0.39, 0.29) is 11.8 Å². The molecule has 1 saturated heterocycles.